The molecule has 0 aromatic heterocycles. The smallest absolute Gasteiger partial charge is 0.255 e. The number of nitrogens with one attached hydrogen (secondary N) is 1. The normalized spacial score (nSPS) is 19.9. The summed E-state index contributed by atoms with van der Waals surface area (Å²) in [6.45, 7) is 3.87. The molecule has 5 heteroatoms. The van der Waals surface area contributed by atoms with Crippen molar-refractivity contribution in [1.82, 2.24) is 10.2 Å². The molecule has 0 bridgehead atoms. The van der Waals surface area contributed by atoms with Crippen LogP contribution in [0.2, 0.25) is 0 Å². The van der Waals surface area contributed by atoms with Gasteiger partial charge in [0.15, 0.2) is 0 Å². The van der Waals surface area contributed by atoms with Crippen LogP contribution in [0, 0.1) is 5.92 Å². The summed E-state index contributed by atoms with van der Waals surface area (Å²) in [6, 6.07) is 0. The maximum absolute atomic E-state index is 12.3. The van der Waals surface area contributed by atoms with Crippen molar-refractivity contribution in [2.45, 2.75) is 39.0 Å². The van der Waals surface area contributed by atoms with Gasteiger partial charge in [-0.05, 0) is 38.3 Å². The molecular formula is C12H22F2N2O. The molecule has 1 aliphatic heterocycles. The molecule has 1 fully saturated rings. The minimum atomic E-state index is -2.43. The Morgan fingerprint density at radius 3 is 2.82 bits per heavy atom. The Morgan fingerprint density at radius 2 is 2.29 bits per heavy atom. The number of hydrogen-bond donors (Lipinski definition) is 1. The van der Waals surface area contributed by atoms with Crippen molar-refractivity contribution in [2.75, 3.05) is 26.2 Å². The second-order valence-corrected chi connectivity index (χ2v) is 4.63. The molecule has 1 atom stereocenters. The number of rotatable bonds is 7. The number of halogens is 2. The van der Waals surface area contributed by atoms with Gasteiger partial charge < -0.3 is 10.2 Å². The fraction of sp³-hybridized carbons (Fsp3) is 0.917. The summed E-state index contributed by atoms with van der Waals surface area (Å²) in [6.07, 6.45) is 0.604. The lowest BCUT2D eigenvalue weighted by atomic mass is 10.0. The summed E-state index contributed by atoms with van der Waals surface area (Å²) in [5.74, 6) is 0.410. The molecule has 100 valence electrons. The van der Waals surface area contributed by atoms with Gasteiger partial charge in [-0.25, -0.2) is 8.78 Å². The Kier molecular flexibility index (Phi) is 6.40. The van der Waals surface area contributed by atoms with Gasteiger partial charge in [0.2, 0.25) is 5.91 Å². The van der Waals surface area contributed by atoms with Crippen LogP contribution in [0.1, 0.15) is 32.6 Å². The van der Waals surface area contributed by atoms with Gasteiger partial charge in [-0.15, -0.1) is 0 Å². The van der Waals surface area contributed by atoms with E-state index in [-0.39, 0.29) is 5.91 Å². The first-order chi connectivity index (χ1) is 8.13. The predicted octanol–water partition coefficient (Wildman–Crippen LogP) is 1.88. The largest absolute Gasteiger partial charge is 0.337 e. The fourth-order valence-electron chi connectivity index (χ4n) is 2.20. The minimum Gasteiger partial charge on any atom is -0.337 e. The zero-order valence-corrected chi connectivity index (χ0v) is 10.4. The third-order valence-corrected chi connectivity index (χ3v) is 3.13. The minimum absolute atomic E-state index is 0.126. The second kappa shape index (κ2) is 7.58. The van der Waals surface area contributed by atoms with Gasteiger partial charge in [-0.3, -0.25) is 4.79 Å². The van der Waals surface area contributed by atoms with E-state index in [2.05, 4.69) is 5.32 Å². The Bertz CT molecular complexity index is 231. The molecule has 1 heterocycles. The van der Waals surface area contributed by atoms with Crippen molar-refractivity contribution in [2.24, 2.45) is 5.92 Å². The zero-order chi connectivity index (χ0) is 12.7. The molecule has 0 saturated carbocycles. The number of carbonyl (C=O) groups is 1. The van der Waals surface area contributed by atoms with E-state index in [1.54, 1.807) is 0 Å². The Balaban J connectivity index is 2.30. The highest BCUT2D eigenvalue weighted by molar-refractivity contribution is 5.76. The van der Waals surface area contributed by atoms with Gasteiger partial charge in [0.1, 0.15) is 0 Å². The van der Waals surface area contributed by atoms with Crippen LogP contribution in [0.25, 0.3) is 0 Å². The van der Waals surface area contributed by atoms with Crippen molar-refractivity contribution >= 4 is 5.91 Å². The van der Waals surface area contributed by atoms with Crippen LogP contribution < -0.4 is 5.32 Å². The summed E-state index contributed by atoms with van der Waals surface area (Å²) in [7, 11) is 0. The summed E-state index contributed by atoms with van der Waals surface area (Å²) < 4.78 is 24.6. The maximum atomic E-state index is 12.3. The molecule has 0 radical (unpaired) electrons. The summed E-state index contributed by atoms with van der Waals surface area (Å²) in [5.41, 5.74) is 0. The molecule has 1 unspecified atom stereocenters. The van der Waals surface area contributed by atoms with E-state index in [0.29, 0.717) is 18.9 Å². The van der Waals surface area contributed by atoms with Crippen LogP contribution in [-0.4, -0.2) is 43.4 Å². The SMILES string of the molecule is CCCN(CC(F)F)C(=O)CCC1CCNC1. The Morgan fingerprint density at radius 1 is 1.53 bits per heavy atom. The molecule has 17 heavy (non-hydrogen) atoms. The van der Waals surface area contributed by atoms with Crippen LogP contribution in [-0.2, 0) is 4.79 Å². The molecule has 1 amide bonds. The topological polar surface area (TPSA) is 32.3 Å². The van der Waals surface area contributed by atoms with Gasteiger partial charge in [0.05, 0.1) is 6.54 Å². The molecule has 1 N–H and O–H groups in total. The highest BCUT2D eigenvalue weighted by atomic mass is 19.3. The predicted molar refractivity (Wildman–Crippen MR) is 63.1 cm³/mol. The van der Waals surface area contributed by atoms with Gasteiger partial charge >= 0.3 is 0 Å². The lowest BCUT2D eigenvalue weighted by Gasteiger charge is -2.22. The number of alkyl halides is 2. The molecule has 3 nitrogen and oxygen atoms in total. The van der Waals surface area contributed by atoms with Gasteiger partial charge in [-0.2, -0.15) is 0 Å². The van der Waals surface area contributed by atoms with Crippen LogP contribution in [0.15, 0.2) is 0 Å². The van der Waals surface area contributed by atoms with Crippen molar-refractivity contribution in [1.29, 1.82) is 0 Å². The monoisotopic (exact) mass is 248 g/mol. The maximum Gasteiger partial charge on any atom is 0.255 e. The first-order valence-corrected chi connectivity index (χ1v) is 6.40. The number of amides is 1. The average Bonchev–Trinajstić information content (AvgIpc) is 2.77. The van der Waals surface area contributed by atoms with Crippen LogP contribution in [0.5, 0.6) is 0 Å². The second-order valence-electron chi connectivity index (χ2n) is 4.63. The molecule has 1 aliphatic rings. The lowest BCUT2D eigenvalue weighted by Crippen LogP contribution is -2.35. The average molecular weight is 248 g/mol. The molecule has 1 rings (SSSR count). The lowest BCUT2D eigenvalue weighted by molar-refractivity contribution is -0.133. The number of nitrogens with zero attached hydrogens (tertiary/aromatic N) is 1. The summed E-state index contributed by atoms with van der Waals surface area (Å²) >= 11 is 0. The quantitative estimate of drug-likeness (QED) is 0.746. The van der Waals surface area contributed by atoms with E-state index in [1.165, 1.54) is 4.90 Å². The van der Waals surface area contributed by atoms with E-state index in [9.17, 15) is 13.6 Å². The van der Waals surface area contributed by atoms with E-state index in [1.807, 2.05) is 6.92 Å². The summed E-state index contributed by atoms with van der Waals surface area (Å²) in [5, 5.41) is 3.24. The van der Waals surface area contributed by atoms with Crippen molar-refractivity contribution in [3.8, 4) is 0 Å². The highest BCUT2D eigenvalue weighted by Crippen LogP contribution is 2.15. The summed E-state index contributed by atoms with van der Waals surface area (Å²) in [4.78, 5) is 13.1. The number of hydrogen-bond acceptors (Lipinski definition) is 2. The van der Waals surface area contributed by atoms with Gasteiger partial charge in [0.25, 0.3) is 6.43 Å². The Labute approximate surface area is 102 Å². The zero-order valence-electron chi connectivity index (χ0n) is 10.4. The molecule has 0 aromatic carbocycles. The third kappa shape index (κ3) is 5.44. The Hall–Kier alpha value is -0.710. The molecule has 1 saturated heterocycles. The van der Waals surface area contributed by atoms with Gasteiger partial charge in [0, 0.05) is 13.0 Å². The third-order valence-electron chi connectivity index (χ3n) is 3.13. The van der Waals surface area contributed by atoms with Crippen molar-refractivity contribution in [3.63, 3.8) is 0 Å². The first-order valence-electron chi connectivity index (χ1n) is 6.40. The molecule has 0 aliphatic carbocycles. The van der Waals surface area contributed by atoms with Crippen molar-refractivity contribution in [3.05, 3.63) is 0 Å². The van der Waals surface area contributed by atoms with E-state index < -0.39 is 13.0 Å². The number of carbonyl (C=O) groups excluding carboxylic acids is 1. The van der Waals surface area contributed by atoms with Crippen LogP contribution in [0.3, 0.4) is 0 Å². The van der Waals surface area contributed by atoms with Gasteiger partial charge in [-0.1, -0.05) is 6.92 Å². The highest BCUT2D eigenvalue weighted by Gasteiger charge is 2.20. The van der Waals surface area contributed by atoms with E-state index in [4.69, 9.17) is 0 Å². The molecule has 0 spiro atoms. The van der Waals surface area contributed by atoms with Crippen molar-refractivity contribution < 1.29 is 13.6 Å². The standard InChI is InChI=1S/C12H22F2N2O/c1-2-7-16(9-11(13)14)12(17)4-3-10-5-6-15-8-10/h10-11,15H,2-9H2,1H3. The molecule has 0 aromatic rings. The van der Waals surface area contributed by atoms with E-state index in [0.717, 1.165) is 32.4 Å². The van der Waals surface area contributed by atoms with Crippen LogP contribution in [0.4, 0.5) is 8.78 Å². The van der Waals surface area contributed by atoms with E-state index >= 15 is 0 Å². The first kappa shape index (κ1) is 14.4. The van der Waals surface area contributed by atoms with Crippen LogP contribution >= 0.6 is 0 Å². The fourth-order valence-corrected chi connectivity index (χ4v) is 2.20. The molecular weight excluding hydrogens is 226 g/mol.